The Bertz CT molecular complexity index is 430. The monoisotopic (exact) mass is 248 g/mol. The van der Waals surface area contributed by atoms with Crippen molar-refractivity contribution in [3.8, 4) is 0 Å². The van der Waals surface area contributed by atoms with Crippen molar-refractivity contribution in [2.45, 2.75) is 44.6 Å². The Morgan fingerprint density at radius 1 is 1.39 bits per heavy atom. The normalized spacial score (nSPS) is 20.8. The van der Waals surface area contributed by atoms with E-state index in [1.54, 1.807) is 0 Å². The Morgan fingerprint density at radius 2 is 2.22 bits per heavy atom. The second kappa shape index (κ2) is 4.96. The van der Waals surface area contributed by atoms with Gasteiger partial charge in [0.15, 0.2) is 11.8 Å². The van der Waals surface area contributed by atoms with Gasteiger partial charge in [-0.05, 0) is 31.6 Å². The summed E-state index contributed by atoms with van der Waals surface area (Å²) in [4.78, 5) is 8.68. The Hall–Kier alpha value is -1.59. The number of hydrogen-bond acceptors (Lipinski definition) is 3. The topological polar surface area (TPSA) is 92.0 Å². The summed E-state index contributed by atoms with van der Waals surface area (Å²) < 4.78 is 0. The number of H-pyrrole nitrogens is 1. The SMILES string of the molecule is NC(=NCc1nc(C2CC2)n[nH]1)NCC1CCC1. The van der Waals surface area contributed by atoms with Gasteiger partial charge in [-0.1, -0.05) is 6.42 Å². The van der Waals surface area contributed by atoms with Crippen LogP contribution in [0.3, 0.4) is 0 Å². The van der Waals surface area contributed by atoms with Gasteiger partial charge >= 0.3 is 0 Å². The molecule has 0 saturated heterocycles. The van der Waals surface area contributed by atoms with Gasteiger partial charge in [0.2, 0.25) is 0 Å². The molecule has 2 fully saturated rings. The highest BCUT2D eigenvalue weighted by Gasteiger charge is 2.27. The third-order valence-corrected chi connectivity index (χ3v) is 3.69. The van der Waals surface area contributed by atoms with Gasteiger partial charge in [-0.25, -0.2) is 9.98 Å². The van der Waals surface area contributed by atoms with Gasteiger partial charge < -0.3 is 11.1 Å². The molecule has 0 unspecified atom stereocenters. The first-order valence-electron chi connectivity index (χ1n) is 6.76. The molecule has 2 saturated carbocycles. The molecule has 98 valence electrons. The fourth-order valence-electron chi connectivity index (χ4n) is 2.07. The summed E-state index contributed by atoms with van der Waals surface area (Å²) in [5.41, 5.74) is 5.80. The molecule has 0 atom stereocenters. The van der Waals surface area contributed by atoms with Crippen molar-refractivity contribution in [2.75, 3.05) is 6.54 Å². The molecular weight excluding hydrogens is 228 g/mol. The van der Waals surface area contributed by atoms with Crippen LogP contribution < -0.4 is 11.1 Å². The Balaban J connectivity index is 1.45. The van der Waals surface area contributed by atoms with Crippen LogP contribution in [0.1, 0.15) is 49.7 Å². The molecule has 2 aliphatic rings. The predicted octanol–water partition coefficient (Wildman–Crippen LogP) is 0.886. The molecule has 1 heterocycles. The molecule has 1 aromatic rings. The van der Waals surface area contributed by atoms with Crippen LogP contribution in [0.25, 0.3) is 0 Å². The maximum absolute atomic E-state index is 5.80. The van der Waals surface area contributed by atoms with Gasteiger partial charge in [0.25, 0.3) is 0 Å². The van der Waals surface area contributed by atoms with E-state index in [2.05, 4.69) is 25.5 Å². The standard InChI is InChI=1S/C12H20N6/c13-12(14-6-8-2-1-3-8)15-7-10-16-11(18-17-10)9-4-5-9/h8-9H,1-7H2,(H3,13,14,15)(H,16,17,18). The van der Waals surface area contributed by atoms with Crippen LogP contribution in [-0.2, 0) is 6.54 Å². The minimum absolute atomic E-state index is 0.475. The molecule has 0 aromatic carbocycles. The first kappa shape index (κ1) is 11.5. The van der Waals surface area contributed by atoms with Crippen LogP contribution in [0.15, 0.2) is 4.99 Å². The van der Waals surface area contributed by atoms with Crippen molar-refractivity contribution < 1.29 is 0 Å². The highest BCUT2D eigenvalue weighted by atomic mass is 15.2. The van der Waals surface area contributed by atoms with E-state index in [1.807, 2.05) is 0 Å². The van der Waals surface area contributed by atoms with Crippen molar-refractivity contribution in [3.63, 3.8) is 0 Å². The zero-order valence-corrected chi connectivity index (χ0v) is 10.5. The largest absolute Gasteiger partial charge is 0.370 e. The summed E-state index contributed by atoms with van der Waals surface area (Å²) in [5.74, 6) is 3.59. The summed E-state index contributed by atoms with van der Waals surface area (Å²) in [6.45, 7) is 1.42. The molecule has 6 heteroatoms. The summed E-state index contributed by atoms with van der Waals surface area (Å²) in [6, 6.07) is 0. The third kappa shape index (κ3) is 2.80. The predicted molar refractivity (Wildman–Crippen MR) is 69.0 cm³/mol. The molecule has 0 amide bonds. The van der Waals surface area contributed by atoms with Crippen LogP contribution in [0.4, 0.5) is 0 Å². The first-order chi connectivity index (χ1) is 8.81. The molecule has 2 aliphatic carbocycles. The summed E-state index contributed by atoms with van der Waals surface area (Å²) in [5, 5.41) is 10.3. The minimum Gasteiger partial charge on any atom is -0.370 e. The fraction of sp³-hybridized carbons (Fsp3) is 0.750. The van der Waals surface area contributed by atoms with Gasteiger partial charge in [-0.3, -0.25) is 5.10 Å². The molecule has 4 N–H and O–H groups in total. The zero-order valence-electron chi connectivity index (χ0n) is 10.5. The Labute approximate surface area is 106 Å². The minimum atomic E-state index is 0.475. The van der Waals surface area contributed by atoms with Crippen molar-refractivity contribution >= 4 is 5.96 Å². The van der Waals surface area contributed by atoms with E-state index in [1.165, 1.54) is 32.1 Å². The number of nitrogens with two attached hydrogens (primary N) is 1. The molecule has 0 aliphatic heterocycles. The van der Waals surface area contributed by atoms with Crippen LogP contribution in [-0.4, -0.2) is 27.7 Å². The Kier molecular flexibility index (Phi) is 3.17. The third-order valence-electron chi connectivity index (χ3n) is 3.69. The number of rotatable bonds is 5. The van der Waals surface area contributed by atoms with Crippen molar-refractivity contribution in [1.82, 2.24) is 20.5 Å². The van der Waals surface area contributed by atoms with Gasteiger partial charge in [-0.2, -0.15) is 5.10 Å². The summed E-state index contributed by atoms with van der Waals surface area (Å²) in [7, 11) is 0. The van der Waals surface area contributed by atoms with E-state index in [-0.39, 0.29) is 0 Å². The number of nitrogens with zero attached hydrogens (tertiary/aromatic N) is 3. The van der Waals surface area contributed by atoms with Crippen LogP contribution in [0.2, 0.25) is 0 Å². The van der Waals surface area contributed by atoms with Crippen LogP contribution >= 0.6 is 0 Å². The molecule has 3 rings (SSSR count). The highest BCUT2D eigenvalue weighted by molar-refractivity contribution is 5.77. The quantitative estimate of drug-likeness (QED) is 0.533. The average Bonchev–Trinajstić information content (AvgIpc) is 3.04. The number of aromatic nitrogens is 3. The van der Waals surface area contributed by atoms with Crippen molar-refractivity contribution in [3.05, 3.63) is 11.6 Å². The number of guanidine groups is 1. The maximum Gasteiger partial charge on any atom is 0.189 e. The smallest absolute Gasteiger partial charge is 0.189 e. The molecule has 0 radical (unpaired) electrons. The van der Waals surface area contributed by atoms with E-state index in [9.17, 15) is 0 Å². The lowest BCUT2D eigenvalue weighted by Crippen LogP contribution is -2.37. The molecular formula is C12H20N6. The maximum atomic E-state index is 5.80. The second-order valence-corrected chi connectivity index (χ2v) is 5.29. The molecule has 0 spiro atoms. The number of aromatic amines is 1. The molecule has 6 nitrogen and oxygen atoms in total. The fourth-order valence-corrected chi connectivity index (χ4v) is 2.07. The average molecular weight is 248 g/mol. The zero-order chi connectivity index (χ0) is 12.4. The van der Waals surface area contributed by atoms with Gasteiger partial charge in [-0.15, -0.1) is 0 Å². The van der Waals surface area contributed by atoms with Crippen molar-refractivity contribution in [2.24, 2.45) is 16.6 Å². The number of aliphatic imine (C=N–C) groups is 1. The van der Waals surface area contributed by atoms with Crippen molar-refractivity contribution in [1.29, 1.82) is 0 Å². The summed E-state index contributed by atoms with van der Waals surface area (Å²) >= 11 is 0. The van der Waals surface area contributed by atoms with Crippen LogP contribution in [0.5, 0.6) is 0 Å². The number of nitrogens with one attached hydrogen (secondary N) is 2. The lowest BCUT2D eigenvalue weighted by molar-refractivity contribution is 0.315. The Morgan fingerprint density at radius 3 is 2.89 bits per heavy atom. The van der Waals surface area contributed by atoms with Gasteiger partial charge in [0.1, 0.15) is 12.4 Å². The number of hydrogen-bond donors (Lipinski definition) is 3. The van der Waals surface area contributed by atoms with Gasteiger partial charge in [0, 0.05) is 12.5 Å². The first-order valence-corrected chi connectivity index (χ1v) is 6.76. The van der Waals surface area contributed by atoms with E-state index in [0.717, 1.165) is 24.1 Å². The lowest BCUT2D eigenvalue weighted by atomic mass is 9.85. The lowest BCUT2D eigenvalue weighted by Gasteiger charge is -2.25. The van der Waals surface area contributed by atoms with E-state index in [0.29, 0.717) is 18.4 Å². The van der Waals surface area contributed by atoms with E-state index >= 15 is 0 Å². The summed E-state index contributed by atoms with van der Waals surface area (Å²) in [6.07, 6.45) is 6.41. The molecule has 0 bridgehead atoms. The highest BCUT2D eigenvalue weighted by Crippen LogP contribution is 2.37. The van der Waals surface area contributed by atoms with E-state index in [4.69, 9.17) is 5.73 Å². The second-order valence-electron chi connectivity index (χ2n) is 5.29. The van der Waals surface area contributed by atoms with Gasteiger partial charge in [0.05, 0.1) is 0 Å². The molecule has 18 heavy (non-hydrogen) atoms. The molecule has 1 aromatic heterocycles. The van der Waals surface area contributed by atoms with E-state index < -0.39 is 0 Å². The van der Waals surface area contributed by atoms with Crippen LogP contribution in [0, 0.1) is 5.92 Å².